The highest BCUT2D eigenvalue weighted by atomic mass is 19.4. The van der Waals surface area contributed by atoms with E-state index in [1.807, 2.05) is 0 Å². The van der Waals surface area contributed by atoms with Gasteiger partial charge in [-0.15, -0.1) is 0 Å². The lowest BCUT2D eigenvalue weighted by Crippen LogP contribution is -2.34. The van der Waals surface area contributed by atoms with E-state index in [0.29, 0.717) is 5.56 Å². The third-order valence-corrected chi connectivity index (χ3v) is 2.59. The van der Waals surface area contributed by atoms with Crippen LogP contribution in [0.3, 0.4) is 0 Å². The van der Waals surface area contributed by atoms with Crippen molar-refractivity contribution in [1.82, 2.24) is 4.90 Å². The summed E-state index contributed by atoms with van der Waals surface area (Å²) >= 11 is 0. The van der Waals surface area contributed by atoms with Crippen molar-refractivity contribution < 1.29 is 23.2 Å². The quantitative estimate of drug-likeness (QED) is 0.619. The second-order valence-electron chi connectivity index (χ2n) is 4.33. The number of rotatable bonds is 7. The van der Waals surface area contributed by atoms with Crippen molar-refractivity contribution >= 4 is 5.69 Å². The molecule has 0 aliphatic carbocycles. The predicted octanol–water partition coefficient (Wildman–Crippen LogP) is 2.34. The van der Waals surface area contributed by atoms with Crippen LogP contribution in [0, 0.1) is 10.1 Å². The molecule has 0 unspecified atom stereocenters. The summed E-state index contributed by atoms with van der Waals surface area (Å²) in [6.07, 6.45) is -4.08. The number of nitro groups is 1. The van der Waals surface area contributed by atoms with Crippen molar-refractivity contribution in [3.63, 3.8) is 0 Å². The second kappa shape index (κ2) is 7.20. The van der Waals surface area contributed by atoms with Crippen LogP contribution >= 0.6 is 0 Å². The summed E-state index contributed by atoms with van der Waals surface area (Å²) in [4.78, 5) is 11.1. The van der Waals surface area contributed by atoms with Gasteiger partial charge in [-0.25, -0.2) is 0 Å². The Labute approximate surface area is 113 Å². The molecule has 8 heteroatoms. The minimum Gasteiger partial charge on any atom is -0.396 e. The SMILES string of the molecule is O=[N+]([O-])c1ccc(CN(CCCO)CC(F)(F)F)cc1. The number of halogens is 3. The van der Waals surface area contributed by atoms with Crippen LogP contribution in [0.5, 0.6) is 0 Å². The van der Waals surface area contributed by atoms with E-state index in [9.17, 15) is 23.3 Å². The minimum absolute atomic E-state index is 0.0253. The Balaban J connectivity index is 2.70. The van der Waals surface area contributed by atoms with Crippen LogP contribution in [0.1, 0.15) is 12.0 Å². The van der Waals surface area contributed by atoms with E-state index >= 15 is 0 Å². The summed E-state index contributed by atoms with van der Waals surface area (Å²) < 4.78 is 37.2. The molecule has 0 aliphatic heterocycles. The number of aliphatic hydroxyl groups excluding tert-OH is 1. The Bertz CT molecular complexity index is 435. The first-order chi connectivity index (χ1) is 9.31. The Morgan fingerprint density at radius 1 is 1.25 bits per heavy atom. The van der Waals surface area contributed by atoms with Crippen molar-refractivity contribution in [3.8, 4) is 0 Å². The fourth-order valence-electron chi connectivity index (χ4n) is 1.74. The summed E-state index contributed by atoms with van der Waals surface area (Å²) in [6.45, 7) is -1.14. The summed E-state index contributed by atoms with van der Waals surface area (Å²) in [7, 11) is 0. The van der Waals surface area contributed by atoms with Gasteiger partial charge in [0.15, 0.2) is 0 Å². The van der Waals surface area contributed by atoms with E-state index in [-0.39, 0.29) is 31.8 Å². The Hall–Kier alpha value is -1.67. The molecule has 1 aromatic carbocycles. The topological polar surface area (TPSA) is 66.6 Å². The molecule has 1 N–H and O–H groups in total. The number of nitrogens with zero attached hydrogens (tertiary/aromatic N) is 2. The van der Waals surface area contributed by atoms with Gasteiger partial charge in [-0.2, -0.15) is 13.2 Å². The fraction of sp³-hybridized carbons (Fsp3) is 0.500. The first-order valence-corrected chi connectivity index (χ1v) is 5.95. The number of non-ortho nitro benzene ring substituents is 1. The van der Waals surface area contributed by atoms with Crippen molar-refractivity contribution in [2.24, 2.45) is 0 Å². The molecule has 0 heterocycles. The summed E-state index contributed by atoms with van der Waals surface area (Å²) in [5, 5.41) is 19.2. The van der Waals surface area contributed by atoms with Crippen LogP contribution in [-0.2, 0) is 6.54 Å². The molecular weight excluding hydrogens is 277 g/mol. The van der Waals surface area contributed by atoms with Crippen LogP contribution in [0.15, 0.2) is 24.3 Å². The van der Waals surface area contributed by atoms with Gasteiger partial charge >= 0.3 is 6.18 Å². The zero-order valence-electron chi connectivity index (χ0n) is 10.6. The molecule has 1 rings (SSSR count). The highest BCUT2D eigenvalue weighted by molar-refractivity contribution is 5.32. The van der Waals surface area contributed by atoms with Gasteiger partial charge in [0.25, 0.3) is 5.69 Å². The lowest BCUT2D eigenvalue weighted by atomic mass is 10.2. The maximum Gasteiger partial charge on any atom is 0.401 e. The van der Waals surface area contributed by atoms with Gasteiger partial charge in [0.1, 0.15) is 0 Å². The third-order valence-electron chi connectivity index (χ3n) is 2.59. The number of hydrogen-bond acceptors (Lipinski definition) is 4. The minimum atomic E-state index is -4.32. The highest BCUT2D eigenvalue weighted by Crippen LogP contribution is 2.19. The highest BCUT2D eigenvalue weighted by Gasteiger charge is 2.30. The fourth-order valence-corrected chi connectivity index (χ4v) is 1.74. The normalized spacial score (nSPS) is 11.8. The Morgan fingerprint density at radius 3 is 2.30 bits per heavy atom. The van der Waals surface area contributed by atoms with Crippen molar-refractivity contribution in [3.05, 3.63) is 39.9 Å². The van der Waals surface area contributed by atoms with Crippen LogP contribution in [0.25, 0.3) is 0 Å². The van der Waals surface area contributed by atoms with E-state index in [1.165, 1.54) is 24.3 Å². The van der Waals surface area contributed by atoms with Crippen molar-refractivity contribution in [2.75, 3.05) is 19.7 Å². The van der Waals surface area contributed by atoms with Gasteiger partial charge < -0.3 is 5.11 Å². The van der Waals surface area contributed by atoms with E-state index in [2.05, 4.69) is 0 Å². The molecule has 0 aromatic heterocycles. The molecule has 1 aromatic rings. The lowest BCUT2D eigenvalue weighted by Gasteiger charge is -2.23. The molecule has 112 valence electrons. The lowest BCUT2D eigenvalue weighted by molar-refractivity contribution is -0.384. The molecule has 0 atom stereocenters. The van der Waals surface area contributed by atoms with Crippen LogP contribution in [0.4, 0.5) is 18.9 Å². The predicted molar refractivity (Wildman–Crippen MR) is 66.1 cm³/mol. The maximum atomic E-state index is 12.4. The van der Waals surface area contributed by atoms with Gasteiger partial charge in [-0.05, 0) is 12.0 Å². The van der Waals surface area contributed by atoms with Gasteiger partial charge in [0.2, 0.25) is 0 Å². The summed E-state index contributed by atoms with van der Waals surface area (Å²) in [6, 6.07) is 5.38. The summed E-state index contributed by atoms with van der Waals surface area (Å²) in [5.41, 5.74) is 0.448. The van der Waals surface area contributed by atoms with Crippen molar-refractivity contribution in [2.45, 2.75) is 19.1 Å². The number of aliphatic hydroxyl groups is 1. The Morgan fingerprint density at radius 2 is 1.85 bits per heavy atom. The molecule has 0 fully saturated rings. The third kappa shape index (κ3) is 5.98. The first-order valence-electron chi connectivity index (χ1n) is 5.95. The van der Waals surface area contributed by atoms with Crippen LogP contribution in [-0.4, -0.2) is 40.8 Å². The van der Waals surface area contributed by atoms with E-state index in [1.54, 1.807) is 0 Å². The van der Waals surface area contributed by atoms with Gasteiger partial charge in [0, 0.05) is 31.8 Å². The zero-order valence-corrected chi connectivity index (χ0v) is 10.6. The Kier molecular flexibility index (Phi) is 5.90. The van der Waals surface area contributed by atoms with E-state index in [4.69, 9.17) is 5.11 Å². The van der Waals surface area contributed by atoms with Gasteiger partial charge in [-0.3, -0.25) is 15.0 Å². The van der Waals surface area contributed by atoms with Gasteiger partial charge in [-0.1, -0.05) is 12.1 Å². The number of nitro benzene ring substituents is 1. The second-order valence-corrected chi connectivity index (χ2v) is 4.33. The number of alkyl halides is 3. The first kappa shape index (κ1) is 16.4. The van der Waals surface area contributed by atoms with Crippen LogP contribution < -0.4 is 0 Å². The molecule has 0 radical (unpaired) electrons. The number of benzene rings is 1. The van der Waals surface area contributed by atoms with E-state index < -0.39 is 17.6 Å². The molecular formula is C12H15F3N2O3. The smallest absolute Gasteiger partial charge is 0.396 e. The molecule has 0 amide bonds. The molecule has 0 aliphatic rings. The molecule has 5 nitrogen and oxygen atoms in total. The zero-order chi connectivity index (χ0) is 15.2. The molecule has 0 saturated heterocycles. The van der Waals surface area contributed by atoms with E-state index in [0.717, 1.165) is 4.90 Å². The molecule has 20 heavy (non-hydrogen) atoms. The van der Waals surface area contributed by atoms with Crippen LogP contribution in [0.2, 0.25) is 0 Å². The number of hydrogen-bond donors (Lipinski definition) is 1. The van der Waals surface area contributed by atoms with Gasteiger partial charge in [0.05, 0.1) is 11.5 Å². The molecule has 0 spiro atoms. The largest absolute Gasteiger partial charge is 0.401 e. The average Bonchev–Trinajstić information content (AvgIpc) is 2.35. The molecule has 0 saturated carbocycles. The van der Waals surface area contributed by atoms with Crippen molar-refractivity contribution in [1.29, 1.82) is 0 Å². The summed E-state index contributed by atoms with van der Waals surface area (Å²) in [5.74, 6) is 0. The molecule has 0 bridgehead atoms. The standard InChI is InChI=1S/C12H15F3N2O3/c13-12(14,15)9-16(6-1-7-18)8-10-2-4-11(5-3-10)17(19)20/h2-5,18H,1,6-9H2. The maximum absolute atomic E-state index is 12.4. The average molecular weight is 292 g/mol. The monoisotopic (exact) mass is 292 g/mol.